The second-order valence-corrected chi connectivity index (χ2v) is 7.59. The Balaban J connectivity index is 1.44. The summed E-state index contributed by atoms with van der Waals surface area (Å²) in [6.45, 7) is 2.50. The molecule has 8 nitrogen and oxygen atoms in total. The first-order chi connectivity index (χ1) is 13.8. The van der Waals surface area contributed by atoms with Crippen molar-refractivity contribution in [2.75, 3.05) is 25.0 Å². The van der Waals surface area contributed by atoms with E-state index >= 15 is 0 Å². The molecule has 1 fully saturated rings. The van der Waals surface area contributed by atoms with E-state index in [0.29, 0.717) is 48.1 Å². The lowest BCUT2D eigenvalue weighted by Crippen LogP contribution is -2.45. The third-order valence-corrected chi connectivity index (χ3v) is 5.42. The molecule has 1 aliphatic rings. The number of carbonyl (C=O) groups excluding carboxylic acids is 3. The average molecular weight is 439 g/mol. The third-order valence-electron chi connectivity index (χ3n) is 4.68. The first-order valence-electron chi connectivity index (χ1n) is 9.08. The van der Waals surface area contributed by atoms with Gasteiger partial charge in [-0.1, -0.05) is 28.4 Å². The normalized spacial score (nSPS) is 14.5. The number of nitrogens with one attached hydrogen (secondary N) is 2. The maximum Gasteiger partial charge on any atom is 0.251 e. The van der Waals surface area contributed by atoms with Crippen molar-refractivity contribution in [3.05, 3.63) is 45.6 Å². The van der Waals surface area contributed by atoms with Gasteiger partial charge >= 0.3 is 0 Å². The van der Waals surface area contributed by atoms with Crippen LogP contribution in [-0.4, -0.2) is 47.4 Å². The van der Waals surface area contributed by atoms with E-state index in [0.717, 1.165) is 0 Å². The fourth-order valence-electron chi connectivity index (χ4n) is 3.05. The number of carbonyl (C=O) groups is 3. The molecule has 3 amide bonds. The highest BCUT2D eigenvalue weighted by atomic mass is 35.5. The molecule has 0 saturated carbocycles. The lowest BCUT2D eigenvalue weighted by atomic mass is 9.96. The predicted octanol–water partition coefficient (Wildman–Crippen LogP) is 2.90. The molecule has 0 atom stereocenters. The highest BCUT2D eigenvalue weighted by molar-refractivity contribution is 6.42. The minimum Gasteiger partial charge on any atom is -0.360 e. The maximum absolute atomic E-state index is 12.4. The van der Waals surface area contributed by atoms with Gasteiger partial charge < -0.3 is 20.1 Å². The van der Waals surface area contributed by atoms with E-state index in [4.69, 9.17) is 27.7 Å². The second-order valence-electron chi connectivity index (χ2n) is 6.78. The van der Waals surface area contributed by atoms with Gasteiger partial charge in [0.05, 0.1) is 16.6 Å². The number of likely N-dealkylation sites (tertiary alicyclic amines) is 1. The summed E-state index contributed by atoms with van der Waals surface area (Å²) in [5.41, 5.74) is 0.325. The van der Waals surface area contributed by atoms with Crippen molar-refractivity contribution in [3.63, 3.8) is 0 Å². The number of hydrogen-bond donors (Lipinski definition) is 2. The molecular formula is C19H20Cl2N4O4. The van der Waals surface area contributed by atoms with Gasteiger partial charge in [0.15, 0.2) is 5.82 Å². The maximum atomic E-state index is 12.4. The molecule has 154 valence electrons. The summed E-state index contributed by atoms with van der Waals surface area (Å²) in [5.74, 6) is 0.0401. The summed E-state index contributed by atoms with van der Waals surface area (Å²) >= 11 is 11.7. The Morgan fingerprint density at radius 2 is 1.90 bits per heavy atom. The van der Waals surface area contributed by atoms with Crippen LogP contribution >= 0.6 is 23.2 Å². The molecule has 2 aromatic rings. The SMILES string of the molecule is Cc1cc(NC(=O)C2CCN(C(=O)CNC(=O)c3ccc(Cl)c(Cl)c3)CC2)no1. The largest absolute Gasteiger partial charge is 0.360 e. The molecule has 1 aromatic heterocycles. The zero-order chi connectivity index (χ0) is 21.0. The van der Waals surface area contributed by atoms with Gasteiger partial charge in [-0.25, -0.2) is 0 Å². The average Bonchev–Trinajstić information content (AvgIpc) is 3.12. The van der Waals surface area contributed by atoms with E-state index in [9.17, 15) is 14.4 Å². The van der Waals surface area contributed by atoms with E-state index in [1.54, 1.807) is 17.9 Å². The summed E-state index contributed by atoms with van der Waals surface area (Å²) in [6, 6.07) is 6.16. The highest BCUT2D eigenvalue weighted by Gasteiger charge is 2.28. The minimum atomic E-state index is -0.408. The van der Waals surface area contributed by atoms with Crippen molar-refractivity contribution in [2.45, 2.75) is 19.8 Å². The molecule has 2 heterocycles. The fraction of sp³-hybridized carbons (Fsp3) is 0.368. The summed E-state index contributed by atoms with van der Waals surface area (Å²) in [5, 5.41) is 9.67. The van der Waals surface area contributed by atoms with E-state index in [-0.39, 0.29) is 29.3 Å². The molecule has 10 heteroatoms. The van der Waals surface area contributed by atoms with Crippen molar-refractivity contribution in [3.8, 4) is 0 Å². The number of piperidine rings is 1. The van der Waals surface area contributed by atoms with Crippen molar-refractivity contribution in [1.82, 2.24) is 15.4 Å². The van der Waals surface area contributed by atoms with Crippen molar-refractivity contribution < 1.29 is 18.9 Å². The monoisotopic (exact) mass is 438 g/mol. The smallest absolute Gasteiger partial charge is 0.251 e. The first kappa shape index (κ1) is 21.1. The molecular weight excluding hydrogens is 419 g/mol. The van der Waals surface area contributed by atoms with Crippen LogP contribution in [0.2, 0.25) is 10.0 Å². The van der Waals surface area contributed by atoms with Crippen LogP contribution in [0.1, 0.15) is 29.0 Å². The van der Waals surface area contributed by atoms with Crippen LogP contribution < -0.4 is 10.6 Å². The van der Waals surface area contributed by atoms with E-state index in [1.807, 2.05) is 0 Å². The number of aromatic nitrogens is 1. The lowest BCUT2D eigenvalue weighted by Gasteiger charge is -2.31. The van der Waals surface area contributed by atoms with E-state index in [1.165, 1.54) is 18.2 Å². The number of amides is 3. The van der Waals surface area contributed by atoms with Gasteiger partial charge in [0.2, 0.25) is 11.8 Å². The van der Waals surface area contributed by atoms with Crippen molar-refractivity contribution in [2.24, 2.45) is 5.92 Å². The van der Waals surface area contributed by atoms with Crippen molar-refractivity contribution >= 4 is 46.7 Å². The van der Waals surface area contributed by atoms with E-state index in [2.05, 4.69) is 15.8 Å². The number of rotatable bonds is 5. The number of hydrogen-bond acceptors (Lipinski definition) is 5. The molecule has 0 bridgehead atoms. The Hall–Kier alpha value is -2.58. The molecule has 2 N–H and O–H groups in total. The third kappa shape index (κ3) is 5.48. The first-order valence-corrected chi connectivity index (χ1v) is 9.84. The fourth-order valence-corrected chi connectivity index (χ4v) is 3.35. The van der Waals surface area contributed by atoms with Crippen molar-refractivity contribution in [1.29, 1.82) is 0 Å². The summed E-state index contributed by atoms with van der Waals surface area (Å²) in [7, 11) is 0. The van der Waals surface area contributed by atoms with Gasteiger partial charge in [-0.15, -0.1) is 0 Å². The van der Waals surface area contributed by atoms with Gasteiger partial charge in [-0.05, 0) is 38.0 Å². The molecule has 1 saturated heterocycles. The summed E-state index contributed by atoms with van der Waals surface area (Å²) < 4.78 is 4.93. The number of aryl methyl sites for hydroxylation is 1. The highest BCUT2D eigenvalue weighted by Crippen LogP contribution is 2.23. The number of nitrogens with zero attached hydrogens (tertiary/aromatic N) is 2. The van der Waals surface area contributed by atoms with Crippen LogP contribution in [0.5, 0.6) is 0 Å². The van der Waals surface area contributed by atoms with Gasteiger partial charge in [0.25, 0.3) is 5.91 Å². The zero-order valence-electron chi connectivity index (χ0n) is 15.7. The van der Waals surface area contributed by atoms with Gasteiger partial charge in [-0.2, -0.15) is 0 Å². The predicted molar refractivity (Wildman–Crippen MR) is 108 cm³/mol. The molecule has 0 unspecified atom stereocenters. The van der Waals surface area contributed by atoms with Crippen LogP contribution in [0.15, 0.2) is 28.8 Å². The Morgan fingerprint density at radius 3 is 2.52 bits per heavy atom. The van der Waals surface area contributed by atoms with Crippen LogP contribution in [0.25, 0.3) is 0 Å². The standard InChI is InChI=1S/C19H20Cl2N4O4/c1-11-8-16(24-29-11)23-19(28)12-4-6-25(7-5-12)17(26)10-22-18(27)13-2-3-14(20)15(21)9-13/h2-3,8-9,12H,4-7,10H2,1H3,(H,22,27)(H,23,24,28). The Bertz CT molecular complexity index is 923. The quantitative estimate of drug-likeness (QED) is 0.746. The van der Waals surface area contributed by atoms with Crippen LogP contribution in [0.4, 0.5) is 5.82 Å². The Kier molecular flexibility index (Phi) is 6.76. The van der Waals surface area contributed by atoms with Crippen LogP contribution in [0, 0.1) is 12.8 Å². The topological polar surface area (TPSA) is 105 Å². The molecule has 1 aromatic carbocycles. The molecule has 0 aliphatic carbocycles. The molecule has 3 rings (SSSR count). The molecule has 1 aliphatic heterocycles. The minimum absolute atomic E-state index is 0.131. The lowest BCUT2D eigenvalue weighted by molar-refractivity contribution is -0.133. The number of benzene rings is 1. The van der Waals surface area contributed by atoms with Gasteiger partial charge in [0.1, 0.15) is 5.76 Å². The van der Waals surface area contributed by atoms with E-state index < -0.39 is 5.91 Å². The summed E-state index contributed by atoms with van der Waals surface area (Å²) in [6.07, 6.45) is 1.07. The molecule has 0 radical (unpaired) electrons. The Labute approximate surface area is 177 Å². The number of anilines is 1. The number of halogens is 2. The van der Waals surface area contributed by atoms with Gasteiger partial charge in [-0.3, -0.25) is 14.4 Å². The zero-order valence-corrected chi connectivity index (χ0v) is 17.2. The van der Waals surface area contributed by atoms with Gasteiger partial charge in [0, 0.05) is 30.6 Å². The van der Waals surface area contributed by atoms with Crippen LogP contribution in [0.3, 0.4) is 0 Å². The molecule has 29 heavy (non-hydrogen) atoms. The van der Waals surface area contributed by atoms with Crippen LogP contribution in [-0.2, 0) is 9.59 Å². The Morgan fingerprint density at radius 1 is 1.17 bits per heavy atom. The second kappa shape index (κ2) is 9.28. The molecule has 0 spiro atoms. The summed E-state index contributed by atoms with van der Waals surface area (Å²) in [4.78, 5) is 38.5.